The van der Waals surface area contributed by atoms with Crippen LogP contribution in [0.3, 0.4) is 0 Å². The zero-order valence-electron chi connectivity index (χ0n) is 9.73. The Morgan fingerprint density at radius 3 is 2.89 bits per heavy atom. The molecule has 1 aromatic carbocycles. The summed E-state index contributed by atoms with van der Waals surface area (Å²) in [6.07, 6.45) is 3.35. The molecule has 0 saturated carbocycles. The molecular formula is C13H12BrClN2O. The summed E-state index contributed by atoms with van der Waals surface area (Å²) in [5, 5.41) is 0.618. The van der Waals surface area contributed by atoms with Gasteiger partial charge < -0.3 is 10.5 Å². The van der Waals surface area contributed by atoms with Crippen molar-refractivity contribution in [1.29, 1.82) is 0 Å². The summed E-state index contributed by atoms with van der Waals surface area (Å²) < 4.78 is 5.96. The predicted octanol–water partition coefficient (Wildman–Crippen LogP) is 3.55. The molecular weight excluding hydrogens is 316 g/mol. The van der Waals surface area contributed by atoms with E-state index in [2.05, 4.69) is 20.9 Å². The maximum Gasteiger partial charge on any atom is 0.137 e. The molecule has 94 valence electrons. The van der Waals surface area contributed by atoms with Crippen molar-refractivity contribution in [2.75, 3.05) is 7.11 Å². The van der Waals surface area contributed by atoms with Crippen molar-refractivity contribution in [3.8, 4) is 5.75 Å². The van der Waals surface area contributed by atoms with Crippen molar-refractivity contribution in [2.45, 2.75) is 6.04 Å². The van der Waals surface area contributed by atoms with E-state index in [1.165, 1.54) is 0 Å². The summed E-state index contributed by atoms with van der Waals surface area (Å²) in [6, 6.07) is 7.20. The van der Waals surface area contributed by atoms with E-state index in [9.17, 15) is 0 Å². The number of benzene rings is 1. The second-order valence-electron chi connectivity index (χ2n) is 3.78. The second-order valence-corrected chi connectivity index (χ2v) is 5.01. The molecule has 2 N–H and O–H groups in total. The van der Waals surface area contributed by atoms with Crippen LogP contribution in [-0.2, 0) is 0 Å². The van der Waals surface area contributed by atoms with Crippen LogP contribution in [-0.4, -0.2) is 12.1 Å². The fourth-order valence-electron chi connectivity index (χ4n) is 1.66. The third-order valence-corrected chi connectivity index (χ3v) is 3.96. The summed E-state index contributed by atoms with van der Waals surface area (Å²) >= 11 is 9.62. The Balaban J connectivity index is 2.41. The third-order valence-electron chi connectivity index (χ3n) is 2.65. The van der Waals surface area contributed by atoms with E-state index in [1.54, 1.807) is 19.5 Å². The summed E-state index contributed by atoms with van der Waals surface area (Å²) in [5.74, 6) is 0.675. The van der Waals surface area contributed by atoms with Crippen LogP contribution < -0.4 is 10.5 Å². The van der Waals surface area contributed by atoms with E-state index in [4.69, 9.17) is 22.1 Å². The van der Waals surface area contributed by atoms with E-state index < -0.39 is 0 Å². The Hall–Kier alpha value is -1.10. The van der Waals surface area contributed by atoms with Gasteiger partial charge in [0.1, 0.15) is 5.75 Å². The SMILES string of the molecule is COc1cncc(C(N)c2cccc(Br)c2Cl)c1. The first-order valence-corrected chi connectivity index (χ1v) is 6.49. The van der Waals surface area contributed by atoms with E-state index in [0.717, 1.165) is 15.6 Å². The number of rotatable bonds is 3. The molecule has 0 aliphatic rings. The highest BCUT2D eigenvalue weighted by atomic mass is 79.9. The lowest BCUT2D eigenvalue weighted by Crippen LogP contribution is -2.13. The summed E-state index contributed by atoms with van der Waals surface area (Å²) in [4.78, 5) is 4.09. The number of aromatic nitrogens is 1. The Labute approximate surface area is 119 Å². The maximum absolute atomic E-state index is 6.23. The van der Waals surface area contributed by atoms with Crippen molar-refractivity contribution in [1.82, 2.24) is 4.98 Å². The third kappa shape index (κ3) is 2.66. The number of hydrogen-bond acceptors (Lipinski definition) is 3. The van der Waals surface area contributed by atoms with Gasteiger partial charge in [-0.15, -0.1) is 0 Å². The topological polar surface area (TPSA) is 48.1 Å². The quantitative estimate of drug-likeness (QED) is 0.938. The fourth-order valence-corrected chi connectivity index (χ4v) is 2.28. The van der Waals surface area contributed by atoms with Crippen LogP contribution in [0.15, 0.2) is 41.1 Å². The molecule has 0 bridgehead atoms. The molecule has 0 aliphatic carbocycles. The first-order valence-electron chi connectivity index (χ1n) is 5.32. The number of nitrogens with zero attached hydrogens (tertiary/aromatic N) is 1. The van der Waals surface area contributed by atoms with Crippen LogP contribution in [0.5, 0.6) is 5.75 Å². The van der Waals surface area contributed by atoms with Gasteiger partial charge in [-0.2, -0.15) is 0 Å². The van der Waals surface area contributed by atoms with Crippen molar-refractivity contribution >= 4 is 27.5 Å². The van der Waals surface area contributed by atoms with Crippen LogP contribution >= 0.6 is 27.5 Å². The van der Waals surface area contributed by atoms with Gasteiger partial charge in [0.2, 0.25) is 0 Å². The molecule has 2 rings (SSSR count). The predicted molar refractivity (Wildman–Crippen MR) is 76.0 cm³/mol. The number of nitrogens with two attached hydrogens (primary N) is 1. The molecule has 3 nitrogen and oxygen atoms in total. The Kier molecular flexibility index (Phi) is 4.22. The monoisotopic (exact) mass is 326 g/mol. The van der Waals surface area contributed by atoms with Crippen LogP contribution in [0.2, 0.25) is 5.02 Å². The van der Waals surface area contributed by atoms with Gasteiger partial charge >= 0.3 is 0 Å². The number of pyridine rings is 1. The highest BCUT2D eigenvalue weighted by Gasteiger charge is 2.15. The van der Waals surface area contributed by atoms with Gasteiger partial charge in [0.15, 0.2) is 0 Å². The number of hydrogen-bond donors (Lipinski definition) is 1. The fraction of sp³-hybridized carbons (Fsp3) is 0.154. The van der Waals surface area contributed by atoms with Gasteiger partial charge in [-0.25, -0.2) is 0 Å². The molecule has 1 atom stereocenters. The second kappa shape index (κ2) is 5.69. The van der Waals surface area contributed by atoms with Gasteiger partial charge in [-0.1, -0.05) is 23.7 Å². The van der Waals surface area contributed by atoms with Gasteiger partial charge in [0.25, 0.3) is 0 Å². The average molecular weight is 328 g/mol. The molecule has 0 fully saturated rings. The van der Waals surface area contributed by atoms with Crippen molar-refractivity contribution in [3.05, 3.63) is 57.3 Å². The van der Waals surface area contributed by atoms with Crippen LogP contribution in [0.1, 0.15) is 17.2 Å². The molecule has 0 radical (unpaired) electrons. The number of halogens is 2. The number of methoxy groups -OCH3 is 1. The van der Waals surface area contributed by atoms with E-state index in [0.29, 0.717) is 10.8 Å². The molecule has 1 unspecified atom stereocenters. The molecule has 1 heterocycles. The first kappa shape index (κ1) is 13.3. The van der Waals surface area contributed by atoms with Crippen LogP contribution in [0.4, 0.5) is 0 Å². The van der Waals surface area contributed by atoms with E-state index in [-0.39, 0.29) is 6.04 Å². The normalized spacial score (nSPS) is 12.2. The lowest BCUT2D eigenvalue weighted by atomic mass is 10.0. The Morgan fingerprint density at radius 1 is 1.39 bits per heavy atom. The lowest BCUT2D eigenvalue weighted by Gasteiger charge is -2.15. The Morgan fingerprint density at radius 2 is 2.17 bits per heavy atom. The van der Waals surface area contributed by atoms with Crippen molar-refractivity contribution in [3.63, 3.8) is 0 Å². The first-order chi connectivity index (χ1) is 8.63. The minimum atomic E-state index is -0.336. The number of ether oxygens (including phenoxy) is 1. The lowest BCUT2D eigenvalue weighted by molar-refractivity contribution is 0.412. The summed E-state index contributed by atoms with van der Waals surface area (Å²) in [7, 11) is 1.60. The highest BCUT2D eigenvalue weighted by Crippen LogP contribution is 2.32. The zero-order chi connectivity index (χ0) is 13.1. The van der Waals surface area contributed by atoms with Gasteiger partial charge in [0.05, 0.1) is 24.4 Å². The van der Waals surface area contributed by atoms with E-state index >= 15 is 0 Å². The van der Waals surface area contributed by atoms with Crippen molar-refractivity contribution in [2.24, 2.45) is 5.73 Å². The average Bonchev–Trinajstić information content (AvgIpc) is 2.41. The van der Waals surface area contributed by atoms with Crippen LogP contribution in [0, 0.1) is 0 Å². The minimum Gasteiger partial charge on any atom is -0.495 e. The smallest absolute Gasteiger partial charge is 0.137 e. The van der Waals surface area contributed by atoms with E-state index in [1.807, 2.05) is 24.3 Å². The van der Waals surface area contributed by atoms with Gasteiger partial charge in [0, 0.05) is 10.7 Å². The van der Waals surface area contributed by atoms with Gasteiger partial charge in [-0.3, -0.25) is 4.98 Å². The summed E-state index contributed by atoms with van der Waals surface area (Å²) in [6.45, 7) is 0. The van der Waals surface area contributed by atoms with Gasteiger partial charge in [-0.05, 0) is 39.2 Å². The molecule has 0 aliphatic heterocycles. The molecule has 0 spiro atoms. The van der Waals surface area contributed by atoms with Crippen molar-refractivity contribution < 1.29 is 4.74 Å². The van der Waals surface area contributed by atoms with Crippen LogP contribution in [0.25, 0.3) is 0 Å². The largest absolute Gasteiger partial charge is 0.495 e. The molecule has 1 aromatic heterocycles. The zero-order valence-corrected chi connectivity index (χ0v) is 12.1. The standard InChI is InChI=1S/C13H12BrClN2O/c1-18-9-5-8(6-17-7-9)13(16)10-3-2-4-11(14)12(10)15/h2-7,13H,16H2,1H3. The molecule has 18 heavy (non-hydrogen) atoms. The summed E-state index contributed by atoms with van der Waals surface area (Å²) in [5.41, 5.74) is 7.91. The molecule has 0 amide bonds. The molecule has 5 heteroatoms. The molecule has 0 saturated heterocycles. The maximum atomic E-state index is 6.23. The highest BCUT2D eigenvalue weighted by molar-refractivity contribution is 9.10. The molecule has 2 aromatic rings. The minimum absolute atomic E-state index is 0.336. The Bertz CT molecular complexity index is 562.